The Morgan fingerprint density at radius 2 is 2.35 bits per heavy atom. The minimum atomic E-state index is 0.817. The number of rotatable bonds is 4. The zero-order valence-corrected chi connectivity index (χ0v) is 11.3. The van der Waals surface area contributed by atoms with Crippen molar-refractivity contribution >= 4 is 0 Å². The van der Waals surface area contributed by atoms with E-state index in [1.54, 1.807) is 0 Å². The van der Waals surface area contributed by atoms with E-state index in [0.717, 1.165) is 30.5 Å². The first-order valence-electron chi connectivity index (χ1n) is 6.64. The summed E-state index contributed by atoms with van der Waals surface area (Å²) in [5, 5.41) is 3.13. The molecule has 96 valence electrons. The second-order valence-corrected chi connectivity index (χ2v) is 5.31. The fraction of sp³-hybridized carbons (Fsp3) is 0.714. The molecule has 1 N–H and O–H groups in total. The Labute approximate surface area is 104 Å². The molecule has 0 aliphatic carbocycles. The van der Waals surface area contributed by atoms with Crippen molar-refractivity contribution in [2.75, 3.05) is 20.1 Å². The summed E-state index contributed by atoms with van der Waals surface area (Å²) in [4.78, 5) is 2.55. The van der Waals surface area contributed by atoms with Gasteiger partial charge in [-0.1, -0.05) is 6.92 Å². The second kappa shape index (κ2) is 5.69. The maximum atomic E-state index is 5.73. The molecule has 0 saturated carbocycles. The van der Waals surface area contributed by atoms with Gasteiger partial charge in [-0.15, -0.1) is 0 Å². The van der Waals surface area contributed by atoms with Gasteiger partial charge < -0.3 is 9.73 Å². The molecule has 3 heteroatoms. The second-order valence-electron chi connectivity index (χ2n) is 5.31. The normalized spacial score (nSPS) is 21.9. The van der Waals surface area contributed by atoms with E-state index in [4.69, 9.17) is 4.42 Å². The number of aryl methyl sites for hydroxylation is 1. The van der Waals surface area contributed by atoms with Crippen LogP contribution in [-0.4, -0.2) is 25.0 Å². The summed E-state index contributed by atoms with van der Waals surface area (Å²) in [7, 11) is 1.95. The number of likely N-dealkylation sites (tertiary alicyclic amines) is 1. The molecular weight excluding hydrogens is 212 g/mol. The van der Waals surface area contributed by atoms with E-state index in [1.165, 1.54) is 31.5 Å². The number of hydrogen-bond donors (Lipinski definition) is 1. The van der Waals surface area contributed by atoms with Crippen molar-refractivity contribution in [3.63, 3.8) is 0 Å². The molecule has 3 nitrogen and oxygen atoms in total. The van der Waals surface area contributed by atoms with Crippen LogP contribution in [0.15, 0.2) is 10.5 Å². The van der Waals surface area contributed by atoms with Crippen LogP contribution in [0.25, 0.3) is 0 Å². The van der Waals surface area contributed by atoms with Crippen LogP contribution >= 0.6 is 0 Å². The van der Waals surface area contributed by atoms with Crippen LogP contribution in [0.4, 0.5) is 0 Å². The highest BCUT2D eigenvalue weighted by Gasteiger charge is 2.18. The average molecular weight is 236 g/mol. The van der Waals surface area contributed by atoms with Gasteiger partial charge in [0, 0.05) is 18.7 Å². The van der Waals surface area contributed by atoms with Gasteiger partial charge in [0.15, 0.2) is 0 Å². The molecule has 0 radical (unpaired) electrons. The highest BCUT2D eigenvalue weighted by Crippen LogP contribution is 2.21. The number of nitrogens with one attached hydrogen (secondary N) is 1. The smallest absolute Gasteiger partial charge is 0.118 e. The molecule has 1 aliphatic rings. The van der Waals surface area contributed by atoms with Crippen molar-refractivity contribution in [1.29, 1.82) is 0 Å². The van der Waals surface area contributed by atoms with E-state index >= 15 is 0 Å². The van der Waals surface area contributed by atoms with E-state index in [1.807, 2.05) is 7.05 Å². The van der Waals surface area contributed by atoms with E-state index in [-0.39, 0.29) is 0 Å². The maximum Gasteiger partial charge on any atom is 0.118 e. The fourth-order valence-corrected chi connectivity index (χ4v) is 2.68. The van der Waals surface area contributed by atoms with E-state index in [0.29, 0.717) is 0 Å². The molecule has 1 aromatic rings. The van der Waals surface area contributed by atoms with Crippen LogP contribution in [0.3, 0.4) is 0 Å². The molecule has 2 rings (SSSR count). The van der Waals surface area contributed by atoms with Crippen molar-refractivity contribution in [3.05, 3.63) is 23.2 Å². The summed E-state index contributed by atoms with van der Waals surface area (Å²) >= 11 is 0. The molecule has 0 spiro atoms. The number of piperidine rings is 1. The molecule has 1 aliphatic heterocycles. The van der Waals surface area contributed by atoms with Gasteiger partial charge in [0.2, 0.25) is 0 Å². The Balaban J connectivity index is 1.97. The van der Waals surface area contributed by atoms with Gasteiger partial charge in [0.05, 0.1) is 6.54 Å². The van der Waals surface area contributed by atoms with Crippen LogP contribution < -0.4 is 5.32 Å². The molecule has 1 unspecified atom stereocenters. The van der Waals surface area contributed by atoms with E-state index < -0.39 is 0 Å². The molecule has 1 saturated heterocycles. The standard InChI is InChI=1S/C14H24N2O/c1-11-5-4-6-16(9-11)10-13-7-14(8-15-3)17-12(13)2/h7,11,15H,4-6,8-10H2,1-3H3. The molecule has 0 amide bonds. The zero-order valence-electron chi connectivity index (χ0n) is 11.3. The third-order valence-corrected chi connectivity index (χ3v) is 3.56. The topological polar surface area (TPSA) is 28.4 Å². The third kappa shape index (κ3) is 3.33. The van der Waals surface area contributed by atoms with Crippen molar-refractivity contribution in [1.82, 2.24) is 10.2 Å². The Morgan fingerprint density at radius 1 is 1.53 bits per heavy atom. The monoisotopic (exact) mass is 236 g/mol. The largest absolute Gasteiger partial charge is 0.465 e. The molecule has 1 fully saturated rings. The highest BCUT2D eigenvalue weighted by molar-refractivity contribution is 5.20. The summed E-state index contributed by atoms with van der Waals surface area (Å²) < 4.78 is 5.73. The first-order valence-corrected chi connectivity index (χ1v) is 6.64. The quantitative estimate of drug-likeness (QED) is 0.871. The van der Waals surface area contributed by atoms with Crippen LogP contribution in [0.1, 0.15) is 36.8 Å². The predicted octanol–water partition coefficient (Wildman–Crippen LogP) is 2.54. The molecule has 2 heterocycles. The molecule has 0 bridgehead atoms. The Kier molecular flexibility index (Phi) is 4.24. The lowest BCUT2D eigenvalue weighted by atomic mass is 10.00. The average Bonchev–Trinajstić information content (AvgIpc) is 2.60. The number of furan rings is 1. The summed E-state index contributed by atoms with van der Waals surface area (Å²) in [6.45, 7) is 8.74. The Hall–Kier alpha value is -0.800. The lowest BCUT2D eigenvalue weighted by Crippen LogP contribution is -2.33. The summed E-state index contributed by atoms with van der Waals surface area (Å²) in [6, 6.07) is 2.20. The van der Waals surface area contributed by atoms with E-state index in [9.17, 15) is 0 Å². The van der Waals surface area contributed by atoms with Crippen LogP contribution in [0.5, 0.6) is 0 Å². The minimum Gasteiger partial charge on any atom is -0.465 e. The third-order valence-electron chi connectivity index (χ3n) is 3.56. The first-order chi connectivity index (χ1) is 8.19. The number of hydrogen-bond acceptors (Lipinski definition) is 3. The van der Waals surface area contributed by atoms with Gasteiger partial charge in [-0.05, 0) is 45.3 Å². The molecule has 1 aromatic heterocycles. The van der Waals surface area contributed by atoms with Gasteiger partial charge in [-0.2, -0.15) is 0 Å². The molecule has 0 aromatic carbocycles. The molecule has 17 heavy (non-hydrogen) atoms. The van der Waals surface area contributed by atoms with Crippen molar-refractivity contribution in [2.45, 2.75) is 39.8 Å². The van der Waals surface area contributed by atoms with Gasteiger partial charge in [0.1, 0.15) is 11.5 Å². The summed E-state index contributed by atoms with van der Waals surface area (Å²) in [5.74, 6) is 2.96. The first kappa shape index (κ1) is 12.7. The predicted molar refractivity (Wildman–Crippen MR) is 69.9 cm³/mol. The molecular formula is C14H24N2O. The van der Waals surface area contributed by atoms with Crippen LogP contribution in [-0.2, 0) is 13.1 Å². The fourth-order valence-electron chi connectivity index (χ4n) is 2.68. The maximum absolute atomic E-state index is 5.73. The summed E-state index contributed by atoms with van der Waals surface area (Å²) in [5.41, 5.74) is 1.35. The minimum absolute atomic E-state index is 0.817. The summed E-state index contributed by atoms with van der Waals surface area (Å²) in [6.07, 6.45) is 2.72. The van der Waals surface area contributed by atoms with Gasteiger partial charge in [0.25, 0.3) is 0 Å². The molecule has 1 atom stereocenters. The van der Waals surface area contributed by atoms with Gasteiger partial charge in [-0.25, -0.2) is 0 Å². The Morgan fingerprint density at radius 3 is 3.06 bits per heavy atom. The van der Waals surface area contributed by atoms with Crippen molar-refractivity contribution in [3.8, 4) is 0 Å². The highest BCUT2D eigenvalue weighted by atomic mass is 16.3. The van der Waals surface area contributed by atoms with Gasteiger partial charge >= 0.3 is 0 Å². The lowest BCUT2D eigenvalue weighted by molar-refractivity contribution is 0.176. The van der Waals surface area contributed by atoms with Gasteiger partial charge in [-0.3, -0.25) is 4.90 Å². The Bertz CT molecular complexity index is 359. The van der Waals surface area contributed by atoms with Crippen LogP contribution in [0.2, 0.25) is 0 Å². The zero-order chi connectivity index (χ0) is 12.3. The van der Waals surface area contributed by atoms with Crippen LogP contribution in [0, 0.1) is 12.8 Å². The van der Waals surface area contributed by atoms with E-state index in [2.05, 4.69) is 30.1 Å². The van der Waals surface area contributed by atoms with Crippen molar-refractivity contribution in [2.24, 2.45) is 5.92 Å². The SMILES string of the molecule is CNCc1cc(CN2CCCC(C)C2)c(C)o1. The van der Waals surface area contributed by atoms with Crippen molar-refractivity contribution < 1.29 is 4.42 Å². The number of nitrogens with zero attached hydrogens (tertiary/aromatic N) is 1. The lowest BCUT2D eigenvalue weighted by Gasteiger charge is -2.30.